The summed E-state index contributed by atoms with van der Waals surface area (Å²) in [7, 11) is 0. The molecule has 0 aliphatic heterocycles. The quantitative estimate of drug-likeness (QED) is 0.476. The van der Waals surface area contributed by atoms with Crippen LogP contribution in [-0.4, -0.2) is 30.0 Å². The Morgan fingerprint density at radius 1 is 1.19 bits per heavy atom. The van der Waals surface area contributed by atoms with Crippen molar-refractivity contribution in [3.05, 3.63) is 71.4 Å². The summed E-state index contributed by atoms with van der Waals surface area (Å²) in [5, 5.41) is 26.6. The molecule has 8 nitrogen and oxygen atoms in total. The van der Waals surface area contributed by atoms with Gasteiger partial charge in [-0.05, 0) is 41.6 Å². The second-order valence-electron chi connectivity index (χ2n) is 5.75. The first-order chi connectivity index (χ1) is 13.3. The zero-order valence-electron chi connectivity index (χ0n) is 14.5. The second kappa shape index (κ2) is 7.47. The van der Waals surface area contributed by atoms with E-state index in [9.17, 15) is 5.26 Å². The van der Waals surface area contributed by atoms with Crippen molar-refractivity contribution in [2.45, 2.75) is 24.4 Å². The maximum atomic E-state index is 9.57. The summed E-state index contributed by atoms with van der Waals surface area (Å²) in [4.78, 5) is 0. The molecule has 0 spiro atoms. The van der Waals surface area contributed by atoms with Crippen LogP contribution in [0.3, 0.4) is 0 Å². The third-order valence-corrected chi connectivity index (χ3v) is 4.96. The van der Waals surface area contributed by atoms with Crippen LogP contribution in [-0.2, 0) is 12.3 Å². The van der Waals surface area contributed by atoms with Crippen LogP contribution in [0, 0.1) is 18.3 Å². The van der Waals surface area contributed by atoms with Crippen LogP contribution in [0.2, 0.25) is 0 Å². The Morgan fingerprint density at radius 2 is 2.04 bits per heavy atom. The van der Waals surface area contributed by atoms with Gasteiger partial charge in [0.15, 0.2) is 0 Å². The fourth-order valence-corrected chi connectivity index (χ4v) is 3.60. The van der Waals surface area contributed by atoms with E-state index in [4.69, 9.17) is 4.42 Å². The van der Waals surface area contributed by atoms with Crippen LogP contribution < -0.4 is 0 Å². The fraction of sp³-hybridized carbons (Fsp3) is 0.167. The molecule has 0 N–H and O–H groups in total. The average molecular weight is 377 g/mol. The molecule has 4 aromatic rings. The van der Waals surface area contributed by atoms with Gasteiger partial charge in [-0.3, -0.25) is 0 Å². The lowest BCUT2D eigenvalue weighted by Crippen LogP contribution is -2.05. The summed E-state index contributed by atoms with van der Waals surface area (Å²) in [5.41, 5.74) is 3.01. The summed E-state index contributed by atoms with van der Waals surface area (Å²) in [5.74, 6) is 1.28. The van der Waals surface area contributed by atoms with Crippen molar-refractivity contribution in [3.63, 3.8) is 0 Å². The zero-order valence-corrected chi connectivity index (χ0v) is 15.3. The van der Waals surface area contributed by atoms with Gasteiger partial charge in [-0.2, -0.15) is 10.4 Å². The van der Waals surface area contributed by atoms with Gasteiger partial charge in [0, 0.05) is 5.75 Å². The van der Waals surface area contributed by atoms with E-state index < -0.39 is 0 Å². The first-order valence-corrected chi connectivity index (χ1v) is 9.20. The van der Waals surface area contributed by atoms with Gasteiger partial charge in [-0.1, -0.05) is 30.0 Å². The number of nitriles is 1. The Morgan fingerprint density at radius 3 is 2.78 bits per heavy atom. The van der Waals surface area contributed by atoms with Gasteiger partial charge in [-0.15, -0.1) is 5.10 Å². The minimum Gasteiger partial charge on any atom is -0.467 e. The molecule has 3 aromatic heterocycles. The molecule has 0 fully saturated rings. The number of aromatic nitrogens is 6. The highest BCUT2D eigenvalue weighted by molar-refractivity contribution is 7.98. The minimum absolute atomic E-state index is 0.449. The van der Waals surface area contributed by atoms with Gasteiger partial charge >= 0.3 is 0 Å². The lowest BCUT2D eigenvalue weighted by Gasteiger charge is -2.07. The van der Waals surface area contributed by atoms with Crippen LogP contribution in [0.5, 0.6) is 0 Å². The monoisotopic (exact) mass is 377 g/mol. The van der Waals surface area contributed by atoms with E-state index in [-0.39, 0.29) is 0 Å². The highest BCUT2D eigenvalue weighted by atomic mass is 32.2. The molecule has 0 saturated heterocycles. The molecule has 0 bridgehead atoms. The van der Waals surface area contributed by atoms with E-state index in [0.717, 1.165) is 17.1 Å². The largest absolute Gasteiger partial charge is 0.467 e. The SMILES string of the molecule is Cc1nn(-c2ccccc2)c(CSc2nnnn2Cc2ccco2)c1C#N. The smallest absolute Gasteiger partial charge is 0.210 e. The molecule has 0 radical (unpaired) electrons. The van der Waals surface area contributed by atoms with E-state index in [2.05, 4.69) is 26.7 Å². The van der Waals surface area contributed by atoms with Gasteiger partial charge in [0.2, 0.25) is 5.16 Å². The third kappa shape index (κ3) is 3.47. The lowest BCUT2D eigenvalue weighted by molar-refractivity contribution is 0.462. The lowest BCUT2D eigenvalue weighted by atomic mass is 10.2. The molecule has 0 saturated carbocycles. The highest BCUT2D eigenvalue weighted by Crippen LogP contribution is 2.26. The number of tetrazole rings is 1. The molecule has 0 aliphatic rings. The van der Waals surface area contributed by atoms with Crippen molar-refractivity contribution in [2.24, 2.45) is 0 Å². The number of thioether (sulfide) groups is 1. The average Bonchev–Trinajstić information content (AvgIpc) is 3.42. The Labute approximate surface area is 159 Å². The predicted octanol–water partition coefficient (Wildman–Crippen LogP) is 2.97. The Balaban J connectivity index is 1.61. The van der Waals surface area contributed by atoms with E-state index in [1.165, 1.54) is 11.8 Å². The molecule has 27 heavy (non-hydrogen) atoms. The first-order valence-electron chi connectivity index (χ1n) is 8.21. The normalized spacial score (nSPS) is 10.8. The maximum Gasteiger partial charge on any atom is 0.210 e. The maximum absolute atomic E-state index is 9.57. The fourth-order valence-electron chi connectivity index (χ4n) is 2.72. The van der Waals surface area contributed by atoms with Gasteiger partial charge in [0.1, 0.15) is 18.4 Å². The van der Waals surface area contributed by atoms with E-state index in [1.54, 1.807) is 10.9 Å². The molecule has 0 aliphatic carbocycles. The van der Waals surface area contributed by atoms with E-state index in [1.807, 2.05) is 54.1 Å². The van der Waals surface area contributed by atoms with Crippen LogP contribution in [0.4, 0.5) is 0 Å². The van der Waals surface area contributed by atoms with Gasteiger partial charge in [0.05, 0.1) is 28.9 Å². The molecule has 4 rings (SSSR count). The number of para-hydroxylation sites is 1. The minimum atomic E-state index is 0.449. The molecule has 0 atom stereocenters. The molecule has 134 valence electrons. The molecular formula is C18H15N7OS. The van der Waals surface area contributed by atoms with Gasteiger partial charge in [-0.25, -0.2) is 9.36 Å². The number of rotatable bonds is 6. The Kier molecular flexibility index (Phi) is 4.72. The number of furan rings is 1. The predicted molar refractivity (Wildman–Crippen MR) is 98.2 cm³/mol. The van der Waals surface area contributed by atoms with Crippen LogP contribution in [0.1, 0.15) is 22.7 Å². The summed E-state index contributed by atoms with van der Waals surface area (Å²) >= 11 is 1.45. The van der Waals surface area contributed by atoms with Gasteiger partial charge < -0.3 is 4.42 Å². The summed E-state index contributed by atoms with van der Waals surface area (Å²) in [6.07, 6.45) is 1.62. The van der Waals surface area contributed by atoms with Crippen molar-refractivity contribution in [3.8, 4) is 11.8 Å². The molecule has 1 aromatic carbocycles. The summed E-state index contributed by atoms with van der Waals surface area (Å²) in [6, 6.07) is 15.7. The van der Waals surface area contributed by atoms with Crippen LogP contribution in [0.15, 0.2) is 58.3 Å². The van der Waals surface area contributed by atoms with Crippen molar-refractivity contribution >= 4 is 11.8 Å². The topological polar surface area (TPSA) is 98.3 Å². The number of benzene rings is 1. The molecular weight excluding hydrogens is 362 g/mol. The summed E-state index contributed by atoms with van der Waals surface area (Å²) in [6.45, 7) is 2.29. The van der Waals surface area contributed by atoms with Crippen molar-refractivity contribution in [1.29, 1.82) is 5.26 Å². The molecule has 0 unspecified atom stereocenters. The Hall–Kier alpha value is -3.38. The molecule has 0 amide bonds. The van der Waals surface area contributed by atoms with Crippen molar-refractivity contribution < 1.29 is 4.42 Å². The zero-order chi connectivity index (χ0) is 18.6. The second-order valence-corrected chi connectivity index (χ2v) is 6.70. The molecule has 3 heterocycles. The Bertz CT molecular complexity index is 1080. The van der Waals surface area contributed by atoms with E-state index >= 15 is 0 Å². The van der Waals surface area contributed by atoms with Gasteiger partial charge in [0.25, 0.3) is 0 Å². The third-order valence-electron chi connectivity index (χ3n) is 3.99. The van der Waals surface area contributed by atoms with Crippen LogP contribution in [0.25, 0.3) is 5.69 Å². The van der Waals surface area contributed by atoms with Crippen LogP contribution >= 0.6 is 11.8 Å². The van der Waals surface area contributed by atoms with E-state index in [0.29, 0.717) is 28.7 Å². The van der Waals surface area contributed by atoms with Crippen molar-refractivity contribution in [1.82, 2.24) is 30.0 Å². The number of hydrogen-bond acceptors (Lipinski definition) is 7. The number of aryl methyl sites for hydroxylation is 1. The molecule has 9 heteroatoms. The first kappa shape index (κ1) is 17.1. The summed E-state index contributed by atoms with van der Waals surface area (Å²) < 4.78 is 8.84. The highest BCUT2D eigenvalue weighted by Gasteiger charge is 2.18. The number of hydrogen-bond donors (Lipinski definition) is 0. The standard InChI is InChI=1S/C18H15N7OS/c1-13-16(10-19)17(25(21-13)14-6-3-2-4-7-14)12-27-18-20-22-23-24(18)11-15-8-5-9-26-15/h2-9H,11-12H2,1H3. The number of nitrogens with zero attached hydrogens (tertiary/aromatic N) is 7. The van der Waals surface area contributed by atoms with Crippen molar-refractivity contribution in [2.75, 3.05) is 0 Å².